The van der Waals surface area contributed by atoms with E-state index in [2.05, 4.69) is 33.5 Å². The molecule has 0 radical (unpaired) electrons. The lowest BCUT2D eigenvalue weighted by molar-refractivity contribution is -0.119. The summed E-state index contributed by atoms with van der Waals surface area (Å²) in [5.41, 5.74) is 2.01. The van der Waals surface area contributed by atoms with Crippen LogP contribution >= 0.6 is 28.1 Å². The Hall–Kier alpha value is -0.940. The molecular weight excluding hydrogens is 324 g/mol. The summed E-state index contributed by atoms with van der Waals surface area (Å²) in [6.07, 6.45) is 3.59. The van der Waals surface area contributed by atoms with E-state index in [4.69, 9.17) is 12.2 Å². The van der Waals surface area contributed by atoms with E-state index in [1.165, 1.54) is 0 Å². The molecule has 0 spiro atoms. The van der Waals surface area contributed by atoms with Crippen LogP contribution in [0.5, 0.6) is 0 Å². The second kappa shape index (κ2) is 8.27. The van der Waals surface area contributed by atoms with Crippen molar-refractivity contribution in [1.82, 2.24) is 5.32 Å². The van der Waals surface area contributed by atoms with Crippen LogP contribution in [0.2, 0.25) is 0 Å². The molecular formula is C14H19BrN2OS. The molecule has 5 heteroatoms. The second-order valence-electron chi connectivity index (χ2n) is 4.44. The maximum absolute atomic E-state index is 11.6. The van der Waals surface area contributed by atoms with Crippen LogP contribution in [0.15, 0.2) is 22.7 Å². The third kappa shape index (κ3) is 6.16. The van der Waals surface area contributed by atoms with Gasteiger partial charge in [-0.3, -0.25) is 4.79 Å². The number of hydrogen-bond donors (Lipinski definition) is 2. The van der Waals surface area contributed by atoms with Gasteiger partial charge in [0.15, 0.2) is 5.11 Å². The minimum absolute atomic E-state index is 0.0332. The molecule has 3 nitrogen and oxygen atoms in total. The molecule has 0 unspecified atom stereocenters. The molecule has 2 N–H and O–H groups in total. The molecule has 0 fully saturated rings. The Morgan fingerprint density at radius 3 is 2.74 bits per heavy atom. The quantitative estimate of drug-likeness (QED) is 0.623. The van der Waals surface area contributed by atoms with Gasteiger partial charge in [-0.05, 0) is 59.2 Å². The first kappa shape index (κ1) is 16.1. The van der Waals surface area contributed by atoms with Crippen molar-refractivity contribution in [1.29, 1.82) is 0 Å². The zero-order valence-corrected chi connectivity index (χ0v) is 13.7. The van der Waals surface area contributed by atoms with E-state index in [1.807, 2.05) is 25.1 Å². The van der Waals surface area contributed by atoms with E-state index >= 15 is 0 Å². The molecule has 0 heterocycles. The fraction of sp³-hybridized carbons (Fsp3) is 0.429. The predicted octanol–water partition coefficient (Wildman–Crippen LogP) is 4.15. The highest BCUT2D eigenvalue weighted by atomic mass is 79.9. The maximum atomic E-state index is 11.6. The standard InChI is InChI=1S/C14H19BrN2OS/c1-3-4-5-6-13(18)17-14(19)16-12-8-7-10(2)9-11(12)15/h7-9H,3-6H2,1-2H3,(H2,16,17,18,19). The molecule has 0 aliphatic rings. The summed E-state index contributed by atoms with van der Waals surface area (Å²) in [4.78, 5) is 11.6. The molecule has 0 aliphatic heterocycles. The van der Waals surface area contributed by atoms with Crippen LogP contribution in [0.1, 0.15) is 38.2 Å². The minimum atomic E-state index is -0.0332. The summed E-state index contributed by atoms with van der Waals surface area (Å²) in [6, 6.07) is 5.90. The van der Waals surface area contributed by atoms with Crippen molar-refractivity contribution in [3.8, 4) is 0 Å². The van der Waals surface area contributed by atoms with E-state index in [-0.39, 0.29) is 5.91 Å². The molecule has 0 saturated carbocycles. The summed E-state index contributed by atoms with van der Waals surface area (Å²) >= 11 is 8.58. The highest BCUT2D eigenvalue weighted by molar-refractivity contribution is 9.10. The van der Waals surface area contributed by atoms with Crippen LogP contribution in [0.4, 0.5) is 5.69 Å². The number of anilines is 1. The molecule has 0 bridgehead atoms. The Morgan fingerprint density at radius 1 is 1.37 bits per heavy atom. The number of rotatable bonds is 5. The molecule has 1 amide bonds. The molecule has 1 aromatic carbocycles. The van der Waals surface area contributed by atoms with Crippen molar-refractivity contribution in [3.63, 3.8) is 0 Å². The number of carbonyl (C=O) groups is 1. The van der Waals surface area contributed by atoms with E-state index < -0.39 is 0 Å². The first-order valence-corrected chi connectivity index (χ1v) is 7.60. The van der Waals surface area contributed by atoms with Crippen LogP contribution in [0.3, 0.4) is 0 Å². The zero-order valence-electron chi connectivity index (χ0n) is 11.3. The van der Waals surface area contributed by atoms with Gasteiger partial charge in [0.05, 0.1) is 5.69 Å². The lowest BCUT2D eigenvalue weighted by Crippen LogP contribution is -2.34. The van der Waals surface area contributed by atoms with E-state index in [9.17, 15) is 4.79 Å². The normalized spacial score (nSPS) is 10.1. The summed E-state index contributed by atoms with van der Waals surface area (Å²) in [6.45, 7) is 4.13. The summed E-state index contributed by atoms with van der Waals surface area (Å²) in [5.74, 6) is -0.0332. The van der Waals surface area contributed by atoms with Crippen molar-refractivity contribution in [2.45, 2.75) is 39.5 Å². The lowest BCUT2D eigenvalue weighted by Gasteiger charge is -2.11. The Kier molecular flexibility index (Phi) is 7.02. The molecule has 0 aromatic heterocycles. The average Bonchev–Trinajstić information content (AvgIpc) is 2.33. The topological polar surface area (TPSA) is 41.1 Å². The Morgan fingerprint density at radius 2 is 2.11 bits per heavy atom. The van der Waals surface area contributed by atoms with E-state index in [0.29, 0.717) is 11.5 Å². The first-order valence-electron chi connectivity index (χ1n) is 6.40. The molecule has 0 atom stereocenters. The summed E-state index contributed by atoms with van der Waals surface area (Å²) in [5, 5.41) is 6.04. The number of hydrogen-bond acceptors (Lipinski definition) is 2. The van der Waals surface area contributed by atoms with E-state index in [1.54, 1.807) is 0 Å². The van der Waals surface area contributed by atoms with Crippen LogP contribution in [-0.4, -0.2) is 11.0 Å². The van der Waals surface area contributed by atoms with E-state index in [0.717, 1.165) is 35.0 Å². The fourth-order valence-electron chi connectivity index (χ4n) is 1.60. The van der Waals surface area contributed by atoms with Gasteiger partial charge in [-0.15, -0.1) is 0 Å². The average molecular weight is 343 g/mol. The number of carbonyl (C=O) groups excluding carboxylic acids is 1. The second-order valence-corrected chi connectivity index (χ2v) is 5.71. The Bertz CT molecular complexity index is 463. The van der Waals surface area contributed by atoms with Crippen molar-refractivity contribution >= 4 is 44.9 Å². The van der Waals surface area contributed by atoms with Crippen molar-refractivity contribution in [2.75, 3.05) is 5.32 Å². The SMILES string of the molecule is CCCCCC(=O)NC(=S)Nc1ccc(C)cc1Br. The Balaban J connectivity index is 2.44. The number of amides is 1. The van der Waals surface area contributed by atoms with Gasteiger partial charge in [0.25, 0.3) is 0 Å². The monoisotopic (exact) mass is 342 g/mol. The molecule has 1 rings (SSSR count). The molecule has 0 saturated heterocycles. The summed E-state index contributed by atoms with van der Waals surface area (Å²) < 4.78 is 0.926. The molecule has 1 aromatic rings. The van der Waals surface area contributed by atoms with Crippen molar-refractivity contribution in [3.05, 3.63) is 28.2 Å². The van der Waals surface area contributed by atoms with Crippen LogP contribution in [-0.2, 0) is 4.79 Å². The minimum Gasteiger partial charge on any atom is -0.331 e. The largest absolute Gasteiger partial charge is 0.331 e. The summed E-state index contributed by atoms with van der Waals surface area (Å²) in [7, 11) is 0. The van der Waals surface area contributed by atoms with Crippen molar-refractivity contribution < 1.29 is 4.79 Å². The molecule has 19 heavy (non-hydrogen) atoms. The third-order valence-electron chi connectivity index (χ3n) is 2.63. The van der Waals surface area contributed by atoms with Gasteiger partial charge in [0.2, 0.25) is 5.91 Å². The van der Waals surface area contributed by atoms with Gasteiger partial charge in [-0.25, -0.2) is 0 Å². The van der Waals surface area contributed by atoms with Gasteiger partial charge < -0.3 is 10.6 Å². The number of thiocarbonyl (C=S) groups is 1. The van der Waals surface area contributed by atoms with Gasteiger partial charge in [-0.2, -0.15) is 0 Å². The predicted molar refractivity (Wildman–Crippen MR) is 87.4 cm³/mol. The van der Waals surface area contributed by atoms with Gasteiger partial charge >= 0.3 is 0 Å². The first-order chi connectivity index (χ1) is 9.02. The highest BCUT2D eigenvalue weighted by Crippen LogP contribution is 2.23. The van der Waals surface area contributed by atoms with Gasteiger partial charge in [-0.1, -0.05) is 25.8 Å². The number of halogens is 1. The third-order valence-corrected chi connectivity index (χ3v) is 3.49. The number of aryl methyl sites for hydroxylation is 1. The zero-order chi connectivity index (χ0) is 14.3. The number of nitrogens with one attached hydrogen (secondary N) is 2. The Labute approximate surface area is 128 Å². The smallest absolute Gasteiger partial charge is 0.226 e. The molecule has 104 valence electrons. The van der Waals surface area contributed by atoms with Gasteiger partial charge in [0, 0.05) is 10.9 Å². The lowest BCUT2D eigenvalue weighted by atomic mass is 10.2. The van der Waals surface area contributed by atoms with Crippen LogP contribution in [0.25, 0.3) is 0 Å². The maximum Gasteiger partial charge on any atom is 0.226 e. The highest BCUT2D eigenvalue weighted by Gasteiger charge is 2.06. The van der Waals surface area contributed by atoms with Crippen LogP contribution in [0, 0.1) is 6.92 Å². The number of unbranched alkanes of at least 4 members (excludes halogenated alkanes) is 2. The fourth-order valence-corrected chi connectivity index (χ4v) is 2.42. The van der Waals surface area contributed by atoms with Gasteiger partial charge in [0.1, 0.15) is 0 Å². The molecule has 0 aliphatic carbocycles. The number of benzene rings is 1. The van der Waals surface area contributed by atoms with Crippen molar-refractivity contribution in [2.24, 2.45) is 0 Å². The van der Waals surface area contributed by atoms with Crippen LogP contribution < -0.4 is 10.6 Å².